The molecule has 0 saturated heterocycles. The van der Waals surface area contributed by atoms with Gasteiger partial charge in [-0.2, -0.15) is 0 Å². The Kier molecular flexibility index (Phi) is 17.8. The van der Waals surface area contributed by atoms with Gasteiger partial charge in [-0.25, -0.2) is 4.79 Å². The van der Waals surface area contributed by atoms with E-state index in [0.717, 1.165) is 38.5 Å². The zero-order valence-electron chi connectivity index (χ0n) is 18.2. The van der Waals surface area contributed by atoms with Crippen molar-refractivity contribution < 1.29 is 33.6 Å². The van der Waals surface area contributed by atoms with Crippen LogP contribution in [0.3, 0.4) is 0 Å². The highest BCUT2D eigenvalue weighted by Crippen LogP contribution is 2.24. The standard InChI is InChI=1S/C21H40NO7P/c1-2-3-4-5-6-7-8-9-10-11-12-13-14-15-16-17-20(23)22-19(21(24)25)18-29-30(26,27)28/h9-10,19H,2-8,11-18H2,1H3,(H,22,23)(H,24,25)(H2,26,27,28)/p-2/b10-9-/t19-/m1/s1. The fourth-order valence-electron chi connectivity index (χ4n) is 2.96. The van der Waals surface area contributed by atoms with Crippen LogP contribution < -0.4 is 15.1 Å². The van der Waals surface area contributed by atoms with Gasteiger partial charge in [0.25, 0.3) is 0 Å². The van der Waals surface area contributed by atoms with Crippen molar-refractivity contribution in [1.29, 1.82) is 0 Å². The van der Waals surface area contributed by atoms with Crippen LogP contribution in [0.15, 0.2) is 12.2 Å². The number of phosphoric acid groups is 1. The molecular weight excluding hydrogens is 409 g/mol. The lowest BCUT2D eigenvalue weighted by molar-refractivity contribution is -0.341. The van der Waals surface area contributed by atoms with Gasteiger partial charge in [0.05, 0.1) is 14.4 Å². The van der Waals surface area contributed by atoms with Gasteiger partial charge in [0.15, 0.2) is 6.04 Å². The van der Waals surface area contributed by atoms with E-state index < -0.39 is 32.3 Å². The van der Waals surface area contributed by atoms with Crippen LogP contribution in [0.2, 0.25) is 0 Å². The SMILES string of the molecule is CCCCCCCC/C=C\CCCCCCCC(=O)N[C@H](COP(=O)([O-])[O-])C(=O)O. The first-order valence-corrected chi connectivity index (χ1v) is 12.6. The molecule has 0 heterocycles. The molecule has 0 aromatic heterocycles. The number of carboxylic acids is 1. The molecule has 1 atom stereocenters. The summed E-state index contributed by atoms with van der Waals surface area (Å²) in [6.07, 6.45) is 19.5. The Morgan fingerprint density at radius 1 is 0.933 bits per heavy atom. The van der Waals surface area contributed by atoms with E-state index in [-0.39, 0.29) is 6.42 Å². The van der Waals surface area contributed by atoms with E-state index in [9.17, 15) is 23.9 Å². The molecule has 0 fully saturated rings. The highest BCUT2D eigenvalue weighted by Gasteiger charge is 2.20. The second kappa shape index (κ2) is 18.6. The number of hydrogen-bond acceptors (Lipinski definition) is 6. The molecule has 0 aliphatic heterocycles. The number of carboxylic acid groups (broad SMARTS) is 1. The number of hydrogen-bond donors (Lipinski definition) is 2. The van der Waals surface area contributed by atoms with Crippen LogP contribution in [0.5, 0.6) is 0 Å². The molecule has 9 heteroatoms. The molecule has 0 aliphatic rings. The zero-order chi connectivity index (χ0) is 22.7. The minimum atomic E-state index is -5.28. The number of aliphatic carboxylic acids is 1. The zero-order valence-corrected chi connectivity index (χ0v) is 19.1. The second-order valence-corrected chi connectivity index (χ2v) is 8.69. The normalized spacial score (nSPS) is 12.9. The molecule has 0 radical (unpaired) electrons. The highest BCUT2D eigenvalue weighted by atomic mass is 31.2. The maximum atomic E-state index is 11.8. The molecule has 0 saturated carbocycles. The minimum absolute atomic E-state index is 0.147. The molecular formula is C21H38NO7P-2. The number of phosphoric ester groups is 1. The number of allylic oxidation sites excluding steroid dienone is 2. The minimum Gasteiger partial charge on any atom is -0.790 e. The van der Waals surface area contributed by atoms with Gasteiger partial charge in [-0.3, -0.25) is 4.79 Å². The molecule has 0 aromatic carbocycles. The lowest BCUT2D eigenvalue weighted by atomic mass is 10.1. The van der Waals surface area contributed by atoms with E-state index in [1.54, 1.807) is 0 Å². The smallest absolute Gasteiger partial charge is 0.328 e. The van der Waals surface area contributed by atoms with E-state index >= 15 is 0 Å². The summed E-state index contributed by atoms with van der Waals surface area (Å²) < 4.78 is 14.3. The van der Waals surface area contributed by atoms with E-state index in [1.807, 2.05) is 0 Å². The van der Waals surface area contributed by atoms with Crippen LogP contribution in [0.4, 0.5) is 0 Å². The molecule has 8 nitrogen and oxygen atoms in total. The van der Waals surface area contributed by atoms with Gasteiger partial charge in [-0.05, 0) is 32.1 Å². The number of amides is 1. The third-order valence-corrected chi connectivity index (χ3v) is 5.16. The molecule has 0 unspecified atom stereocenters. The third-order valence-electron chi connectivity index (χ3n) is 4.70. The van der Waals surface area contributed by atoms with Crippen molar-refractivity contribution >= 4 is 19.7 Å². The van der Waals surface area contributed by atoms with Gasteiger partial charge in [0.2, 0.25) is 5.91 Å². The Morgan fingerprint density at radius 2 is 1.43 bits per heavy atom. The highest BCUT2D eigenvalue weighted by molar-refractivity contribution is 7.43. The van der Waals surface area contributed by atoms with Gasteiger partial charge in [-0.15, -0.1) is 0 Å². The lowest BCUT2D eigenvalue weighted by Crippen LogP contribution is -2.44. The quantitative estimate of drug-likeness (QED) is 0.166. The molecule has 0 spiro atoms. The predicted octanol–water partition coefficient (Wildman–Crippen LogP) is 3.44. The van der Waals surface area contributed by atoms with Gasteiger partial charge >= 0.3 is 5.97 Å². The van der Waals surface area contributed by atoms with Gasteiger partial charge in [-0.1, -0.05) is 70.4 Å². The molecule has 1 amide bonds. The molecule has 0 rings (SSSR count). The van der Waals surface area contributed by atoms with Gasteiger partial charge in [0.1, 0.15) is 0 Å². The number of carbonyl (C=O) groups is 2. The second-order valence-electron chi connectivity index (χ2n) is 7.54. The van der Waals surface area contributed by atoms with Crippen molar-refractivity contribution in [3.63, 3.8) is 0 Å². The van der Waals surface area contributed by atoms with Crippen LogP contribution in [0, 0.1) is 0 Å². The van der Waals surface area contributed by atoms with Crippen molar-refractivity contribution in [3.05, 3.63) is 12.2 Å². The lowest BCUT2D eigenvalue weighted by Gasteiger charge is -2.29. The van der Waals surface area contributed by atoms with Crippen LogP contribution in [-0.4, -0.2) is 29.6 Å². The van der Waals surface area contributed by atoms with Crippen LogP contribution in [0.1, 0.15) is 96.8 Å². The van der Waals surface area contributed by atoms with Crippen molar-refractivity contribution in [1.82, 2.24) is 5.32 Å². The van der Waals surface area contributed by atoms with E-state index in [4.69, 9.17) is 5.11 Å². The molecule has 2 N–H and O–H groups in total. The maximum absolute atomic E-state index is 11.8. The van der Waals surface area contributed by atoms with Crippen molar-refractivity contribution in [2.45, 2.75) is 103 Å². The van der Waals surface area contributed by atoms with Gasteiger partial charge < -0.3 is 29.3 Å². The summed E-state index contributed by atoms with van der Waals surface area (Å²) in [7, 11) is -5.28. The first-order valence-electron chi connectivity index (χ1n) is 11.1. The third kappa shape index (κ3) is 20.1. The average molecular weight is 448 g/mol. The molecule has 176 valence electrons. The summed E-state index contributed by atoms with van der Waals surface area (Å²) in [5.74, 6) is -1.96. The number of carbonyl (C=O) groups excluding carboxylic acids is 1. The van der Waals surface area contributed by atoms with E-state index in [0.29, 0.717) is 6.42 Å². The predicted molar refractivity (Wildman–Crippen MR) is 113 cm³/mol. The van der Waals surface area contributed by atoms with Gasteiger partial charge in [0, 0.05) is 6.42 Å². The maximum Gasteiger partial charge on any atom is 0.328 e. The Morgan fingerprint density at radius 3 is 1.93 bits per heavy atom. The molecule has 0 aliphatic carbocycles. The van der Waals surface area contributed by atoms with Crippen LogP contribution in [-0.2, 0) is 18.7 Å². The van der Waals surface area contributed by atoms with E-state index in [2.05, 4.69) is 28.9 Å². The summed E-state index contributed by atoms with van der Waals surface area (Å²) in [6, 6.07) is -1.56. The fourth-order valence-corrected chi connectivity index (χ4v) is 3.29. The molecule has 30 heavy (non-hydrogen) atoms. The average Bonchev–Trinajstić information content (AvgIpc) is 2.67. The first-order chi connectivity index (χ1) is 14.3. The summed E-state index contributed by atoms with van der Waals surface area (Å²) >= 11 is 0. The number of unbranched alkanes of at least 4 members (excludes halogenated alkanes) is 11. The number of nitrogens with one attached hydrogen (secondary N) is 1. The Bertz CT molecular complexity index is 533. The van der Waals surface area contributed by atoms with E-state index in [1.165, 1.54) is 38.5 Å². The first kappa shape index (κ1) is 28.8. The van der Waals surface area contributed by atoms with Crippen molar-refractivity contribution in [2.24, 2.45) is 0 Å². The monoisotopic (exact) mass is 447 g/mol. The molecule has 0 aromatic rings. The summed E-state index contributed by atoms with van der Waals surface area (Å²) in [5.41, 5.74) is 0. The summed E-state index contributed by atoms with van der Waals surface area (Å²) in [5, 5.41) is 11.1. The largest absolute Gasteiger partial charge is 0.790 e. The summed E-state index contributed by atoms with van der Waals surface area (Å²) in [4.78, 5) is 43.5. The number of rotatable bonds is 20. The topological polar surface area (TPSA) is 139 Å². The Balaban J connectivity index is 3.62. The van der Waals surface area contributed by atoms with Crippen LogP contribution >= 0.6 is 7.82 Å². The molecule has 0 bridgehead atoms. The van der Waals surface area contributed by atoms with Crippen molar-refractivity contribution in [3.8, 4) is 0 Å². The Labute approximate surface area is 180 Å². The van der Waals surface area contributed by atoms with Crippen LogP contribution in [0.25, 0.3) is 0 Å². The fraction of sp³-hybridized carbons (Fsp3) is 0.810. The summed E-state index contributed by atoms with van der Waals surface area (Å²) in [6.45, 7) is 1.32. The Hall–Kier alpha value is -1.21. The van der Waals surface area contributed by atoms with Crippen molar-refractivity contribution in [2.75, 3.05) is 6.61 Å².